The molecule has 7 heteroatoms. The third-order valence-corrected chi connectivity index (χ3v) is 3.34. The number of fused-ring (bicyclic) bond motifs is 3. The van der Waals surface area contributed by atoms with Gasteiger partial charge in [0.15, 0.2) is 5.65 Å². The van der Waals surface area contributed by atoms with Gasteiger partial charge in [0.1, 0.15) is 12.2 Å². The molecule has 0 amide bonds. The first kappa shape index (κ1) is 15.7. The van der Waals surface area contributed by atoms with E-state index in [0.717, 1.165) is 0 Å². The number of ether oxygens (including phenoxy) is 2. The lowest BCUT2D eigenvalue weighted by Gasteiger charge is -2.11. The summed E-state index contributed by atoms with van der Waals surface area (Å²) < 4.78 is 11.6. The number of hydrogen-bond donors (Lipinski definition) is 0. The molecular formula is C17H15N3O4. The summed E-state index contributed by atoms with van der Waals surface area (Å²) in [6, 6.07) is 7.29. The number of carbonyl (C=O) groups is 1. The predicted octanol–water partition coefficient (Wildman–Crippen LogP) is 1.98. The minimum absolute atomic E-state index is 0.0484. The standard InChI is InChI=1S/C17H15N3O4/c1-3-9-24-17-19-13-8-6-5-7-11(13)14-18-10-12(15(21)20(14)17)16(22)23-4-2/h3,5-8,10H,1,4,9H2,2H3. The van der Waals surface area contributed by atoms with Gasteiger partial charge in [-0.25, -0.2) is 14.2 Å². The summed E-state index contributed by atoms with van der Waals surface area (Å²) in [4.78, 5) is 33.3. The fourth-order valence-corrected chi connectivity index (χ4v) is 2.32. The van der Waals surface area contributed by atoms with Crippen LogP contribution in [0.1, 0.15) is 17.3 Å². The Morgan fingerprint density at radius 1 is 1.38 bits per heavy atom. The normalized spacial score (nSPS) is 10.7. The van der Waals surface area contributed by atoms with Crippen molar-refractivity contribution in [2.45, 2.75) is 6.92 Å². The Bertz CT molecular complexity index is 994. The van der Waals surface area contributed by atoms with Crippen LogP contribution in [0, 0.1) is 0 Å². The quantitative estimate of drug-likeness (QED) is 0.405. The Labute approximate surface area is 137 Å². The summed E-state index contributed by atoms with van der Waals surface area (Å²) in [5.41, 5.74) is 0.232. The maximum absolute atomic E-state index is 12.7. The molecule has 0 spiro atoms. The van der Waals surface area contributed by atoms with Crippen LogP contribution in [0.4, 0.5) is 0 Å². The molecule has 0 N–H and O–H groups in total. The monoisotopic (exact) mass is 325 g/mol. The van der Waals surface area contributed by atoms with E-state index < -0.39 is 11.5 Å². The molecule has 7 nitrogen and oxygen atoms in total. The second-order valence-corrected chi connectivity index (χ2v) is 4.87. The molecule has 0 saturated carbocycles. The molecule has 122 valence electrons. The Balaban J connectivity index is 2.35. The number of benzene rings is 1. The topological polar surface area (TPSA) is 82.8 Å². The van der Waals surface area contributed by atoms with Crippen LogP contribution in [0.2, 0.25) is 0 Å². The SMILES string of the molecule is C=CCOc1nc2ccccc2c2ncc(C(=O)OCC)c(=O)n12. The maximum Gasteiger partial charge on any atom is 0.345 e. The predicted molar refractivity (Wildman–Crippen MR) is 88.4 cm³/mol. The molecule has 0 bridgehead atoms. The zero-order chi connectivity index (χ0) is 17.1. The molecule has 24 heavy (non-hydrogen) atoms. The van der Waals surface area contributed by atoms with Gasteiger partial charge in [-0.3, -0.25) is 4.79 Å². The molecule has 0 atom stereocenters. The van der Waals surface area contributed by atoms with Crippen molar-refractivity contribution in [3.63, 3.8) is 0 Å². The number of nitrogens with zero attached hydrogens (tertiary/aromatic N) is 3. The molecule has 0 fully saturated rings. The number of carbonyl (C=O) groups excluding carboxylic acids is 1. The zero-order valence-electron chi connectivity index (χ0n) is 13.1. The number of para-hydroxylation sites is 1. The average Bonchev–Trinajstić information content (AvgIpc) is 2.59. The lowest BCUT2D eigenvalue weighted by atomic mass is 10.2. The summed E-state index contributed by atoms with van der Waals surface area (Å²) >= 11 is 0. The minimum Gasteiger partial charge on any atom is -0.462 e. The zero-order valence-corrected chi connectivity index (χ0v) is 13.1. The lowest BCUT2D eigenvalue weighted by molar-refractivity contribution is 0.0523. The Kier molecular flexibility index (Phi) is 4.24. The maximum atomic E-state index is 12.7. The van der Waals surface area contributed by atoms with Gasteiger partial charge in [0, 0.05) is 11.6 Å². The first-order valence-electron chi connectivity index (χ1n) is 7.38. The van der Waals surface area contributed by atoms with Gasteiger partial charge in [0.25, 0.3) is 5.56 Å². The van der Waals surface area contributed by atoms with Crippen LogP contribution in [-0.4, -0.2) is 33.6 Å². The summed E-state index contributed by atoms with van der Waals surface area (Å²) in [6.07, 6.45) is 2.76. The molecule has 1 aromatic carbocycles. The van der Waals surface area contributed by atoms with Crippen molar-refractivity contribution in [3.8, 4) is 6.01 Å². The fourth-order valence-electron chi connectivity index (χ4n) is 2.32. The minimum atomic E-state index is -0.729. The summed E-state index contributed by atoms with van der Waals surface area (Å²) in [7, 11) is 0. The highest BCUT2D eigenvalue weighted by atomic mass is 16.5. The molecule has 0 aliphatic carbocycles. The van der Waals surface area contributed by atoms with Gasteiger partial charge in [-0.1, -0.05) is 24.8 Å². The Morgan fingerprint density at radius 2 is 2.17 bits per heavy atom. The van der Waals surface area contributed by atoms with E-state index in [1.54, 1.807) is 19.1 Å². The van der Waals surface area contributed by atoms with Crippen molar-refractivity contribution >= 4 is 22.5 Å². The third-order valence-electron chi connectivity index (χ3n) is 3.34. The van der Waals surface area contributed by atoms with Gasteiger partial charge in [-0.2, -0.15) is 4.98 Å². The first-order chi connectivity index (χ1) is 11.7. The van der Waals surface area contributed by atoms with Gasteiger partial charge in [-0.15, -0.1) is 0 Å². The molecule has 0 saturated heterocycles. The largest absolute Gasteiger partial charge is 0.462 e. The molecule has 2 heterocycles. The van der Waals surface area contributed by atoms with Gasteiger partial charge >= 0.3 is 12.0 Å². The van der Waals surface area contributed by atoms with Gasteiger partial charge in [0.2, 0.25) is 0 Å². The number of aromatic nitrogens is 3. The second kappa shape index (κ2) is 6.49. The van der Waals surface area contributed by atoms with Crippen LogP contribution >= 0.6 is 0 Å². The molecule has 0 aliphatic heterocycles. The van der Waals surface area contributed by atoms with Gasteiger partial charge < -0.3 is 9.47 Å². The van der Waals surface area contributed by atoms with Crippen LogP contribution in [0.5, 0.6) is 6.01 Å². The molecule has 0 aliphatic rings. The number of hydrogen-bond acceptors (Lipinski definition) is 6. The van der Waals surface area contributed by atoms with Crippen molar-refractivity contribution in [3.05, 3.63) is 59.0 Å². The first-order valence-corrected chi connectivity index (χ1v) is 7.38. The lowest BCUT2D eigenvalue weighted by Crippen LogP contribution is -2.26. The summed E-state index contributed by atoms with van der Waals surface area (Å²) in [6.45, 7) is 5.57. The second-order valence-electron chi connectivity index (χ2n) is 4.87. The van der Waals surface area contributed by atoms with E-state index >= 15 is 0 Å². The van der Waals surface area contributed by atoms with E-state index in [0.29, 0.717) is 16.6 Å². The van der Waals surface area contributed by atoms with Crippen molar-refractivity contribution in [2.75, 3.05) is 13.2 Å². The smallest absolute Gasteiger partial charge is 0.345 e. The van der Waals surface area contributed by atoms with Gasteiger partial charge in [-0.05, 0) is 19.1 Å². The summed E-state index contributed by atoms with van der Waals surface area (Å²) in [5, 5.41) is 0.677. The van der Waals surface area contributed by atoms with Crippen molar-refractivity contribution < 1.29 is 14.3 Å². The highest BCUT2D eigenvalue weighted by Crippen LogP contribution is 2.20. The van der Waals surface area contributed by atoms with E-state index in [1.807, 2.05) is 12.1 Å². The van der Waals surface area contributed by atoms with E-state index in [4.69, 9.17) is 9.47 Å². The third kappa shape index (κ3) is 2.60. The average molecular weight is 325 g/mol. The van der Waals surface area contributed by atoms with E-state index in [9.17, 15) is 9.59 Å². The van der Waals surface area contributed by atoms with Crippen molar-refractivity contribution in [2.24, 2.45) is 0 Å². The van der Waals surface area contributed by atoms with E-state index in [1.165, 1.54) is 16.7 Å². The molecule has 2 aromatic heterocycles. The van der Waals surface area contributed by atoms with Gasteiger partial charge in [0.05, 0.1) is 12.1 Å². The van der Waals surface area contributed by atoms with Crippen molar-refractivity contribution in [1.82, 2.24) is 14.4 Å². The molecule has 0 radical (unpaired) electrons. The van der Waals surface area contributed by atoms with E-state index in [-0.39, 0.29) is 24.8 Å². The molecule has 3 aromatic rings. The highest BCUT2D eigenvalue weighted by molar-refractivity contribution is 5.93. The molecule has 3 rings (SSSR count). The summed E-state index contributed by atoms with van der Waals surface area (Å²) in [5.74, 6) is -0.729. The fraction of sp³-hybridized carbons (Fsp3) is 0.176. The van der Waals surface area contributed by atoms with Crippen molar-refractivity contribution in [1.29, 1.82) is 0 Å². The molecule has 0 unspecified atom stereocenters. The number of rotatable bonds is 5. The Hall–Kier alpha value is -3.22. The van der Waals surface area contributed by atoms with Crippen LogP contribution in [-0.2, 0) is 4.74 Å². The van der Waals surface area contributed by atoms with Crippen LogP contribution in [0.15, 0.2) is 47.9 Å². The van der Waals surface area contributed by atoms with E-state index in [2.05, 4.69) is 16.5 Å². The van der Waals surface area contributed by atoms with Crippen LogP contribution < -0.4 is 10.3 Å². The molecular weight excluding hydrogens is 310 g/mol. The van der Waals surface area contributed by atoms with Crippen LogP contribution in [0.25, 0.3) is 16.6 Å². The Morgan fingerprint density at radius 3 is 2.92 bits per heavy atom. The van der Waals surface area contributed by atoms with Crippen LogP contribution in [0.3, 0.4) is 0 Å². The number of esters is 1. The highest BCUT2D eigenvalue weighted by Gasteiger charge is 2.19.